The van der Waals surface area contributed by atoms with Gasteiger partial charge in [0.1, 0.15) is 0 Å². The maximum Gasteiger partial charge on any atom is -0.0126 e. The van der Waals surface area contributed by atoms with Crippen molar-refractivity contribution in [2.75, 3.05) is 0 Å². The summed E-state index contributed by atoms with van der Waals surface area (Å²) in [5.74, 6) is 0. The Morgan fingerprint density at radius 1 is 1.50 bits per heavy atom. The van der Waals surface area contributed by atoms with E-state index in [1.807, 2.05) is 0 Å². The molecule has 0 unspecified atom stereocenters. The monoisotopic (exact) mass is 162 g/mol. The zero-order valence-electron chi connectivity index (χ0n) is 8.19. The number of hydrogen-bond acceptors (Lipinski definition) is 0. The fourth-order valence-corrected chi connectivity index (χ4v) is 1.52. The highest BCUT2D eigenvalue weighted by molar-refractivity contribution is 5.44. The largest absolute Gasteiger partial charge is 0.0953 e. The normalized spacial score (nSPS) is 15.8. The van der Waals surface area contributed by atoms with Crippen molar-refractivity contribution in [2.45, 2.75) is 39.5 Å². The average molecular weight is 162 g/mol. The smallest absolute Gasteiger partial charge is 0.0126 e. The Morgan fingerprint density at radius 3 is 2.83 bits per heavy atom. The highest BCUT2D eigenvalue weighted by Crippen LogP contribution is 2.26. The number of rotatable bonds is 4. The van der Waals surface area contributed by atoms with E-state index in [2.05, 4.69) is 32.6 Å². The van der Waals surface area contributed by atoms with Gasteiger partial charge in [-0.05, 0) is 30.4 Å². The lowest BCUT2D eigenvalue weighted by Crippen LogP contribution is -1.79. The highest BCUT2D eigenvalue weighted by atomic mass is 14.1. The van der Waals surface area contributed by atoms with Crippen LogP contribution in [-0.4, -0.2) is 0 Å². The molecule has 0 fully saturated rings. The van der Waals surface area contributed by atoms with E-state index >= 15 is 0 Å². The van der Waals surface area contributed by atoms with Gasteiger partial charge in [-0.2, -0.15) is 0 Å². The van der Waals surface area contributed by atoms with Crippen LogP contribution in [0.2, 0.25) is 0 Å². The van der Waals surface area contributed by atoms with E-state index in [1.54, 1.807) is 5.57 Å². The van der Waals surface area contributed by atoms with Crippen molar-refractivity contribution < 1.29 is 0 Å². The number of hydrogen-bond donors (Lipinski definition) is 0. The summed E-state index contributed by atoms with van der Waals surface area (Å²) in [6.07, 6.45) is 9.35. The summed E-state index contributed by atoms with van der Waals surface area (Å²) in [7, 11) is 0. The van der Waals surface area contributed by atoms with E-state index in [0.29, 0.717) is 0 Å². The molecular weight excluding hydrogens is 144 g/mol. The molecular formula is C12H18. The van der Waals surface area contributed by atoms with Gasteiger partial charge in [0.25, 0.3) is 0 Å². The molecule has 0 atom stereocenters. The minimum Gasteiger partial charge on any atom is -0.0953 e. The van der Waals surface area contributed by atoms with Gasteiger partial charge >= 0.3 is 0 Å². The van der Waals surface area contributed by atoms with Crippen LogP contribution in [0, 0.1) is 0 Å². The van der Waals surface area contributed by atoms with Gasteiger partial charge in [-0.15, -0.1) is 0 Å². The van der Waals surface area contributed by atoms with Gasteiger partial charge < -0.3 is 0 Å². The van der Waals surface area contributed by atoms with Gasteiger partial charge in [0, 0.05) is 0 Å². The van der Waals surface area contributed by atoms with Crippen molar-refractivity contribution in [3.63, 3.8) is 0 Å². The second-order valence-corrected chi connectivity index (χ2v) is 3.37. The lowest BCUT2D eigenvalue weighted by Gasteiger charge is -1.99. The topological polar surface area (TPSA) is 0 Å². The number of allylic oxidation sites excluding steroid dienone is 5. The fourth-order valence-electron chi connectivity index (χ4n) is 1.52. The average Bonchev–Trinajstić information content (AvgIpc) is 2.52. The first-order chi connectivity index (χ1) is 5.77. The third-order valence-corrected chi connectivity index (χ3v) is 2.35. The van der Waals surface area contributed by atoms with Gasteiger partial charge in [-0.1, -0.05) is 44.6 Å². The van der Waals surface area contributed by atoms with Crippen LogP contribution >= 0.6 is 0 Å². The predicted molar refractivity (Wildman–Crippen MR) is 55.1 cm³/mol. The van der Waals surface area contributed by atoms with Gasteiger partial charge in [-0.3, -0.25) is 0 Å². The molecule has 0 heterocycles. The van der Waals surface area contributed by atoms with E-state index in [0.717, 1.165) is 12.8 Å². The summed E-state index contributed by atoms with van der Waals surface area (Å²) >= 11 is 0. The Kier molecular flexibility index (Phi) is 3.33. The molecule has 0 nitrogen and oxygen atoms in total. The van der Waals surface area contributed by atoms with Crippen LogP contribution < -0.4 is 0 Å². The summed E-state index contributed by atoms with van der Waals surface area (Å²) in [5, 5.41) is 0. The summed E-state index contributed by atoms with van der Waals surface area (Å²) in [4.78, 5) is 0. The molecule has 66 valence electrons. The second-order valence-electron chi connectivity index (χ2n) is 3.37. The minimum absolute atomic E-state index is 1.07. The Morgan fingerprint density at radius 2 is 2.25 bits per heavy atom. The van der Waals surface area contributed by atoms with Gasteiger partial charge in [0.05, 0.1) is 0 Å². The third-order valence-electron chi connectivity index (χ3n) is 2.35. The molecule has 0 aromatic carbocycles. The van der Waals surface area contributed by atoms with Crippen LogP contribution in [-0.2, 0) is 0 Å². The first-order valence-corrected chi connectivity index (χ1v) is 4.85. The van der Waals surface area contributed by atoms with Crippen molar-refractivity contribution in [2.24, 2.45) is 0 Å². The molecule has 12 heavy (non-hydrogen) atoms. The molecule has 1 aliphatic carbocycles. The molecule has 0 saturated heterocycles. The van der Waals surface area contributed by atoms with E-state index in [4.69, 9.17) is 0 Å². The molecule has 0 radical (unpaired) electrons. The van der Waals surface area contributed by atoms with Crippen LogP contribution in [0.1, 0.15) is 39.5 Å². The summed E-state index contributed by atoms with van der Waals surface area (Å²) < 4.78 is 0. The van der Waals surface area contributed by atoms with E-state index in [9.17, 15) is 0 Å². The van der Waals surface area contributed by atoms with E-state index < -0.39 is 0 Å². The zero-order valence-corrected chi connectivity index (χ0v) is 8.19. The predicted octanol–water partition coefficient (Wildman–Crippen LogP) is 4.01. The van der Waals surface area contributed by atoms with Gasteiger partial charge in [0.15, 0.2) is 0 Å². The van der Waals surface area contributed by atoms with Gasteiger partial charge in [-0.25, -0.2) is 0 Å². The summed E-state index contributed by atoms with van der Waals surface area (Å²) in [6.45, 7) is 8.43. The van der Waals surface area contributed by atoms with E-state index in [1.165, 1.54) is 24.0 Å². The Labute approximate surface area is 75.7 Å². The standard InChI is InChI=1S/C12H18/c1-4-6-11-7-8-12(9-11)10(3)5-2/h8-9H,3-7H2,1-2H3. The van der Waals surface area contributed by atoms with Crippen molar-refractivity contribution in [1.29, 1.82) is 0 Å². The van der Waals surface area contributed by atoms with Gasteiger partial charge in [0.2, 0.25) is 0 Å². The molecule has 1 rings (SSSR count). The summed E-state index contributed by atoms with van der Waals surface area (Å²) in [5.41, 5.74) is 4.23. The molecule has 0 bridgehead atoms. The zero-order chi connectivity index (χ0) is 8.97. The SMILES string of the molecule is C=C(CC)C1=CCC(CCC)=C1. The van der Waals surface area contributed by atoms with E-state index in [-0.39, 0.29) is 0 Å². The molecule has 0 N–H and O–H groups in total. The maximum atomic E-state index is 4.04. The van der Waals surface area contributed by atoms with Crippen molar-refractivity contribution in [3.8, 4) is 0 Å². The highest BCUT2D eigenvalue weighted by Gasteiger charge is 2.06. The first kappa shape index (κ1) is 9.31. The Hall–Kier alpha value is -0.780. The molecule has 0 heteroatoms. The molecule has 0 saturated carbocycles. The molecule has 0 spiro atoms. The van der Waals surface area contributed by atoms with Crippen molar-refractivity contribution in [1.82, 2.24) is 0 Å². The van der Waals surface area contributed by atoms with Crippen molar-refractivity contribution >= 4 is 0 Å². The molecule has 0 aromatic heterocycles. The Bertz CT molecular complexity index is 228. The lowest BCUT2D eigenvalue weighted by atomic mass is 10.1. The van der Waals surface area contributed by atoms with Crippen LogP contribution in [0.5, 0.6) is 0 Å². The van der Waals surface area contributed by atoms with Crippen molar-refractivity contribution in [3.05, 3.63) is 35.5 Å². The van der Waals surface area contributed by atoms with Crippen LogP contribution in [0.3, 0.4) is 0 Å². The quantitative estimate of drug-likeness (QED) is 0.586. The lowest BCUT2D eigenvalue weighted by molar-refractivity contribution is 0.887. The van der Waals surface area contributed by atoms with Crippen LogP contribution in [0.4, 0.5) is 0 Å². The van der Waals surface area contributed by atoms with Crippen LogP contribution in [0.25, 0.3) is 0 Å². The molecule has 0 amide bonds. The fraction of sp³-hybridized carbons (Fsp3) is 0.500. The molecule has 1 aliphatic rings. The molecule has 0 aromatic rings. The van der Waals surface area contributed by atoms with Crippen LogP contribution in [0.15, 0.2) is 35.5 Å². The molecule has 0 aliphatic heterocycles. The summed E-state index contributed by atoms with van der Waals surface area (Å²) in [6, 6.07) is 0. The second kappa shape index (κ2) is 4.30. The minimum atomic E-state index is 1.07. The first-order valence-electron chi connectivity index (χ1n) is 4.85. The Balaban J connectivity index is 2.55. The third kappa shape index (κ3) is 2.10. The maximum absolute atomic E-state index is 4.04.